The van der Waals surface area contributed by atoms with E-state index in [1.807, 2.05) is 29.2 Å². The maximum absolute atomic E-state index is 13.0. The first-order chi connectivity index (χ1) is 14.0. The first kappa shape index (κ1) is 21.0. The van der Waals surface area contributed by atoms with Crippen LogP contribution in [0.15, 0.2) is 42.5 Å². The normalized spacial score (nSPS) is 14.8. The van der Waals surface area contributed by atoms with Crippen molar-refractivity contribution in [1.29, 1.82) is 0 Å². The summed E-state index contributed by atoms with van der Waals surface area (Å²) in [6.07, 6.45) is 2.81. The number of amides is 1. The monoisotopic (exact) mass is 397 g/mol. The highest BCUT2D eigenvalue weighted by Crippen LogP contribution is 2.32. The molecule has 2 aromatic carbocycles. The number of ether oxygens (including phenoxy) is 2. The lowest BCUT2D eigenvalue weighted by Gasteiger charge is -2.32. The number of piperidine rings is 1. The highest BCUT2D eigenvalue weighted by molar-refractivity contribution is 5.95. The van der Waals surface area contributed by atoms with Crippen LogP contribution in [0.2, 0.25) is 0 Å². The van der Waals surface area contributed by atoms with E-state index in [1.54, 1.807) is 25.3 Å². The first-order valence-corrected chi connectivity index (χ1v) is 10.4. The number of phenols is 1. The molecule has 1 amide bonds. The van der Waals surface area contributed by atoms with Crippen LogP contribution in [0.4, 0.5) is 0 Å². The molecule has 0 saturated carbocycles. The molecule has 0 aliphatic carbocycles. The van der Waals surface area contributed by atoms with Crippen molar-refractivity contribution in [1.82, 2.24) is 4.90 Å². The summed E-state index contributed by atoms with van der Waals surface area (Å²) in [6.45, 7) is 6.39. The molecule has 1 aliphatic heterocycles. The molecule has 1 N–H and O–H groups in total. The van der Waals surface area contributed by atoms with Crippen LogP contribution in [0.1, 0.15) is 54.9 Å². The van der Waals surface area contributed by atoms with Crippen molar-refractivity contribution in [2.75, 3.05) is 26.8 Å². The fourth-order valence-corrected chi connectivity index (χ4v) is 3.67. The van der Waals surface area contributed by atoms with Gasteiger partial charge in [-0.15, -0.1) is 0 Å². The highest BCUT2D eigenvalue weighted by atomic mass is 16.5. The number of nitrogens with zero attached hydrogens (tertiary/aromatic N) is 1. The second kappa shape index (κ2) is 9.68. The third-order valence-corrected chi connectivity index (χ3v) is 5.51. The molecule has 0 atom stereocenters. The predicted octanol–water partition coefficient (Wildman–Crippen LogP) is 4.85. The minimum Gasteiger partial charge on any atom is -0.508 e. The van der Waals surface area contributed by atoms with Crippen LogP contribution in [0.5, 0.6) is 17.2 Å². The molecular weight excluding hydrogens is 366 g/mol. The topological polar surface area (TPSA) is 59.0 Å². The maximum Gasteiger partial charge on any atom is 0.253 e. The van der Waals surface area contributed by atoms with Gasteiger partial charge in [-0.2, -0.15) is 0 Å². The standard InChI is InChI=1S/C24H31NO4/c1-17(2)12-15-29-22-9-6-20(16-23(22)28-3)24(27)25-13-10-19(11-14-25)18-4-7-21(26)8-5-18/h4-9,16-17,19,26H,10-15H2,1-3H3. The summed E-state index contributed by atoms with van der Waals surface area (Å²) in [5, 5.41) is 9.46. The van der Waals surface area contributed by atoms with Crippen molar-refractivity contribution in [2.24, 2.45) is 5.92 Å². The van der Waals surface area contributed by atoms with Gasteiger partial charge < -0.3 is 19.5 Å². The Hall–Kier alpha value is -2.69. The van der Waals surface area contributed by atoms with E-state index in [-0.39, 0.29) is 11.7 Å². The number of hydrogen-bond acceptors (Lipinski definition) is 4. The number of carbonyl (C=O) groups excluding carboxylic acids is 1. The van der Waals surface area contributed by atoms with Gasteiger partial charge in [-0.3, -0.25) is 4.79 Å². The SMILES string of the molecule is COc1cc(C(=O)N2CCC(c3ccc(O)cc3)CC2)ccc1OCCC(C)C. The Morgan fingerprint density at radius 1 is 1.10 bits per heavy atom. The van der Waals surface area contributed by atoms with Crippen molar-refractivity contribution >= 4 is 5.91 Å². The zero-order valence-corrected chi connectivity index (χ0v) is 17.6. The van der Waals surface area contributed by atoms with Crippen LogP contribution < -0.4 is 9.47 Å². The summed E-state index contributed by atoms with van der Waals surface area (Å²) in [4.78, 5) is 14.9. The average Bonchev–Trinajstić information content (AvgIpc) is 2.74. The average molecular weight is 398 g/mol. The molecule has 0 bridgehead atoms. The molecule has 0 unspecified atom stereocenters. The Bertz CT molecular complexity index is 808. The first-order valence-electron chi connectivity index (χ1n) is 10.4. The van der Waals surface area contributed by atoms with Crippen LogP contribution in [-0.2, 0) is 0 Å². The van der Waals surface area contributed by atoms with Gasteiger partial charge in [0.05, 0.1) is 13.7 Å². The Labute approximate surface area is 173 Å². The molecule has 0 radical (unpaired) electrons. The number of aromatic hydroxyl groups is 1. The molecule has 1 heterocycles. The highest BCUT2D eigenvalue weighted by Gasteiger charge is 2.25. The molecule has 1 saturated heterocycles. The molecule has 2 aromatic rings. The minimum absolute atomic E-state index is 0.0289. The number of likely N-dealkylation sites (tertiary alicyclic amines) is 1. The second-order valence-corrected chi connectivity index (χ2v) is 8.05. The minimum atomic E-state index is 0.0289. The third kappa shape index (κ3) is 5.43. The lowest BCUT2D eigenvalue weighted by atomic mass is 9.89. The van der Waals surface area contributed by atoms with Gasteiger partial charge in [-0.25, -0.2) is 0 Å². The van der Waals surface area contributed by atoms with Crippen molar-refractivity contribution in [3.63, 3.8) is 0 Å². The number of rotatable bonds is 7. The van der Waals surface area contributed by atoms with E-state index >= 15 is 0 Å². The van der Waals surface area contributed by atoms with Gasteiger partial charge in [-0.05, 0) is 67.0 Å². The summed E-state index contributed by atoms with van der Waals surface area (Å²) >= 11 is 0. The Balaban J connectivity index is 1.61. The molecule has 0 spiro atoms. The zero-order chi connectivity index (χ0) is 20.8. The predicted molar refractivity (Wildman–Crippen MR) is 114 cm³/mol. The lowest BCUT2D eigenvalue weighted by Crippen LogP contribution is -2.37. The van der Waals surface area contributed by atoms with Gasteiger partial charge in [0, 0.05) is 18.7 Å². The van der Waals surface area contributed by atoms with E-state index in [4.69, 9.17) is 9.47 Å². The lowest BCUT2D eigenvalue weighted by molar-refractivity contribution is 0.0712. The quantitative estimate of drug-likeness (QED) is 0.726. The smallest absolute Gasteiger partial charge is 0.253 e. The Kier molecular flexibility index (Phi) is 7.02. The number of hydrogen-bond donors (Lipinski definition) is 1. The fraction of sp³-hybridized carbons (Fsp3) is 0.458. The zero-order valence-electron chi connectivity index (χ0n) is 17.6. The summed E-state index contributed by atoms with van der Waals surface area (Å²) in [7, 11) is 1.60. The molecular formula is C24H31NO4. The van der Waals surface area contributed by atoms with E-state index in [2.05, 4.69) is 13.8 Å². The van der Waals surface area contributed by atoms with Crippen LogP contribution in [0.3, 0.4) is 0 Å². The van der Waals surface area contributed by atoms with E-state index in [9.17, 15) is 9.90 Å². The second-order valence-electron chi connectivity index (χ2n) is 8.05. The molecule has 156 valence electrons. The Morgan fingerprint density at radius 3 is 2.41 bits per heavy atom. The van der Waals surface area contributed by atoms with E-state index in [1.165, 1.54) is 5.56 Å². The van der Waals surface area contributed by atoms with Gasteiger partial charge in [0.2, 0.25) is 0 Å². The van der Waals surface area contributed by atoms with Gasteiger partial charge >= 0.3 is 0 Å². The van der Waals surface area contributed by atoms with Crippen LogP contribution in [0.25, 0.3) is 0 Å². The summed E-state index contributed by atoms with van der Waals surface area (Å²) in [6, 6.07) is 12.8. The number of methoxy groups -OCH3 is 1. The van der Waals surface area contributed by atoms with E-state index in [0.29, 0.717) is 35.5 Å². The number of benzene rings is 2. The fourth-order valence-electron chi connectivity index (χ4n) is 3.67. The van der Waals surface area contributed by atoms with Crippen molar-refractivity contribution < 1.29 is 19.4 Å². The molecule has 0 aromatic heterocycles. The number of carbonyl (C=O) groups is 1. The summed E-state index contributed by atoms with van der Waals surface area (Å²) < 4.78 is 11.3. The molecule has 1 aliphatic rings. The van der Waals surface area contributed by atoms with Crippen molar-refractivity contribution in [3.05, 3.63) is 53.6 Å². The Morgan fingerprint density at radius 2 is 1.79 bits per heavy atom. The molecule has 5 heteroatoms. The largest absolute Gasteiger partial charge is 0.508 e. The van der Waals surface area contributed by atoms with Crippen molar-refractivity contribution in [2.45, 2.75) is 39.0 Å². The molecule has 3 rings (SSSR count). The van der Waals surface area contributed by atoms with Crippen LogP contribution >= 0.6 is 0 Å². The van der Waals surface area contributed by atoms with Crippen LogP contribution in [-0.4, -0.2) is 42.7 Å². The van der Waals surface area contributed by atoms with Gasteiger partial charge in [-0.1, -0.05) is 26.0 Å². The van der Waals surface area contributed by atoms with Gasteiger partial charge in [0.25, 0.3) is 5.91 Å². The third-order valence-electron chi connectivity index (χ3n) is 5.51. The molecule has 1 fully saturated rings. The maximum atomic E-state index is 13.0. The van der Waals surface area contributed by atoms with Gasteiger partial charge in [0.1, 0.15) is 5.75 Å². The van der Waals surface area contributed by atoms with E-state index < -0.39 is 0 Å². The van der Waals surface area contributed by atoms with Gasteiger partial charge in [0.15, 0.2) is 11.5 Å². The van der Waals surface area contributed by atoms with E-state index in [0.717, 1.165) is 32.4 Å². The molecule has 5 nitrogen and oxygen atoms in total. The number of phenolic OH excluding ortho intramolecular Hbond substituents is 1. The van der Waals surface area contributed by atoms with Crippen LogP contribution in [0, 0.1) is 5.92 Å². The summed E-state index contributed by atoms with van der Waals surface area (Å²) in [5.41, 5.74) is 1.85. The summed E-state index contributed by atoms with van der Waals surface area (Å²) in [5.74, 6) is 2.58. The van der Waals surface area contributed by atoms with Crippen molar-refractivity contribution in [3.8, 4) is 17.2 Å². The molecule has 29 heavy (non-hydrogen) atoms.